The van der Waals surface area contributed by atoms with Crippen LogP contribution in [0.3, 0.4) is 0 Å². The molecule has 0 radical (unpaired) electrons. The van der Waals surface area contributed by atoms with Gasteiger partial charge in [-0.25, -0.2) is 0 Å². The summed E-state index contributed by atoms with van der Waals surface area (Å²) in [4.78, 5) is 27.1. The molecule has 0 fully saturated rings. The topological polar surface area (TPSA) is 58.6 Å². The highest BCUT2D eigenvalue weighted by atomic mass is 16.5. The fourth-order valence-electron chi connectivity index (χ4n) is 2.68. The summed E-state index contributed by atoms with van der Waals surface area (Å²) in [7, 11) is 0. The molecule has 2 atom stereocenters. The zero-order valence-corrected chi connectivity index (χ0v) is 17.1. The van der Waals surface area contributed by atoms with Crippen LogP contribution in [0.4, 0.5) is 0 Å². The fourth-order valence-corrected chi connectivity index (χ4v) is 2.68. The highest BCUT2D eigenvalue weighted by molar-refractivity contribution is 5.88. The molecule has 2 aromatic rings. The van der Waals surface area contributed by atoms with Crippen LogP contribution in [0.15, 0.2) is 54.6 Å². The maximum Gasteiger partial charge on any atom is 0.261 e. The second-order valence-electron chi connectivity index (χ2n) is 7.10. The Morgan fingerprint density at radius 3 is 2.29 bits per heavy atom. The van der Waals surface area contributed by atoms with E-state index >= 15 is 0 Å². The Morgan fingerprint density at radius 1 is 1.04 bits per heavy atom. The molecule has 0 bridgehead atoms. The monoisotopic (exact) mass is 382 g/mol. The molecule has 2 rings (SSSR count). The van der Waals surface area contributed by atoms with Gasteiger partial charge in [-0.2, -0.15) is 0 Å². The highest BCUT2D eigenvalue weighted by Gasteiger charge is 2.27. The van der Waals surface area contributed by atoms with Crippen LogP contribution in [0.5, 0.6) is 5.75 Å². The molecular weight excluding hydrogens is 352 g/mol. The van der Waals surface area contributed by atoms with E-state index in [1.165, 1.54) is 0 Å². The average Bonchev–Trinajstić information content (AvgIpc) is 2.71. The summed E-state index contributed by atoms with van der Waals surface area (Å²) in [6.07, 6.45) is 0.835. The molecule has 0 saturated heterocycles. The molecule has 0 heterocycles. The van der Waals surface area contributed by atoms with E-state index < -0.39 is 6.04 Å². The fraction of sp³-hybridized carbons (Fsp3) is 0.391. The Balaban J connectivity index is 2.12. The molecule has 0 aliphatic heterocycles. The first-order chi connectivity index (χ1) is 13.4. The normalized spacial score (nSPS) is 12.7. The van der Waals surface area contributed by atoms with Gasteiger partial charge in [-0.3, -0.25) is 9.59 Å². The molecule has 2 amide bonds. The van der Waals surface area contributed by atoms with Crippen LogP contribution in [0.25, 0.3) is 0 Å². The molecule has 28 heavy (non-hydrogen) atoms. The van der Waals surface area contributed by atoms with Crippen LogP contribution in [0.2, 0.25) is 0 Å². The minimum atomic E-state index is -0.595. The number of ether oxygens (including phenoxy) is 1. The van der Waals surface area contributed by atoms with E-state index in [4.69, 9.17) is 4.74 Å². The van der Waals surface area contributed by atoms with Crippen molar-refractivity contribution in [1.29, 1.82) is 0 Å². The summed E-state index contributed by atoms with van der Waals surface area (Å²) in [5.74, 6) is 0.244. The van der Waals surface area contributed by atoms with Crippen molar-refractivity contribution >= 4 is 11.8 Å². The van der Waals surface area contributed by atoms with E-state index in [2.05, 4.69) is 5.32 Å². The summed E-state index contributed by atoms with van der Waals surface area (Å²) >= 11 is 0. The minimum Gasteiger partial charge on any atom is -0.484 e. The average molecular weight is 383 g/mol. The molecule has 0 saturated carbocycles. The van der Waals surface area contributed by atoms with E-state index in [0.717, 1.165) is 17.5 Å². The van der Waals surface area contributed by atoms with Gasteiger partial charge in [0, 0.05) is 12.6 Å². The van der Waals surface area contributed by atoms with Crippen LogP contribution in [0, 0.1) is 6.92 Å². The maximum atomic E-state index is 12.9. The smallest absolute Gasteiger partial charge is 0.261 e. The Labute approximate surface area is 167 Å². The van der Waals surface area contributed by atoms with E-state index in [1.807, 2.05) is 63.2 Å². The van der Waals surface area contributed by atoms with Crippen LogP contribution < -0.4 is 10.1 Å². The molecule has 0 aliphatic carbocycles. The van der Waals surface area contributed by atoms with E-state index in [9.17, 15) is 9.59 Å². The number of hydrogen-bond donors (Lipinski definition) is 1. The number of carbonyl (C=O) groups is 2. The Hall–Kier alpha value is -2.82. The largest absolute Gasteiger partial charge is 0.484 e. The van der Waals surface area contributed by atoms with Gasteiger partial charge in [0.25, 0.3) is 5.91 Å². The van der Waals surface area contributed by atoms with Gasteiger partial charge in [-0.1, -0.05) is 55.0 Å². The number of para-hydroxylation sites is 1. The molecule has 0 spiro atoms. The summed E-state index contributed by atoms with van der Waals surface area (Å²) in [5.41, 5.74) is 2.12. The van der Waals surface area contributed by atoms with Crippen molar-refractivity contribution < 1.29 is 14.3 Å². The van der Waals surface area contributed by atoms with Gasteiger partial charge in [0.1, 0.15) is 11.8 Å². The quantitative estimate of drug-likeness (QED) is 0.719. The molecule has 2 aromatic carbocycles. The summed E-state index contributed by atoms with van der Waals surface area (Å²) in [6, 6.07) is 16.6. The summed E-state index contributed by atoms with van der Waals surface area (Å²) in [6.45, 7) is 7.98. The lowest BCUT2D eigenvalue weighted by Gasteiger charge is -2.29. The summed E-state index contributed by atoms with van der Waals surface area (Å²) in [5, 5.41) is 2.96. The van der Waals surface area contributed by atoms with Gasteiger partial charge in [-0.15, -0.1) is 0 Å². The first-order valence-corrected chi connectivity index (χ1v) is 9.74. The predicted molar refractivity (Wildman–Crippen MR) is 111 cm³/mol. The number of amides is 2. The van der Waals surface area contributed by atoms with Crippen LogP contribution in [-0.2, 0) is 16.1 Å². The zero-order valence-electron chi connectivity index (χ0n) is 17.1. The van der Waals surface area contributed by atoms with Crippen LogP contribution in [-0.4, -0.2) is 35.4 Å². The number of carbonyl (C=O) groups excluding carboxylic acids is 2. The summed E-state index contributed by atoms with van der Waals surface area (Å²) < 4.78 is 5.61. The van der Waals surface area contributed by atoms with Gasteiger partial charge in [0.2, 0.25) is 5.91 Å². The molecule has 1 N–H and O–H groups in total. The third-order valence-electron chi connectivity index (χ3n) is 4.75. The van der Waals surface area contributed by atoms with Crippen LogP contribution >= 0.6 is 0 Å². The minimum absolute atomic E-state index is 0.0619. The molecular formula is C23H30N2O3. The molecule has 5 heteroatoms. The van der Waals surface area contributed by atoms with Crippen LogP contribution in [0.1, 0.15) is 38.3 Å². The number of hydrogen-bond acceptors (Lipinski definition) is 3. The first-order valence-electron chi connectivity index (χ1n) is 9.74. The van der Waals surface area contributed by atoms with Crippen molar-refractivity contribution in [3.8, 4) is 5.75 Å². The number of aryl methyl sites for hydroxylation is 1. The molecule has 5 nitrogen and oxygen atoms in total. The third kappa shape index (κ3) is 6.41. The highest BCUT2D eigenvalue weighted by Crippen LogP contribution is 2.13. The Morgan fingerprint density at radius 2 is 1.68 bits per heavy atom. The molecule has 0 unspecified atom stereocenters. The standard InChI is InChI=1S/C23H30N2O3/c1-5-18(3)24-23(27)19(4)25(15-20-13-11-17(2)12-14-20)22(26)16-28-21-9-7-6-8-10-21/h6-14,18-19H,5,15-16H2,1-4H3,(H,24,27)/t18-,19-/m0/s1. The van der Waals surface area contributed by atoms with E-state index in [1.54, 1.807) is 24.0 Å². The molecule has 0 aromatic heterocycles. The first kappa shape index (κ1) is 21.5. The SMILES string of the molecule is CC[C@H](C)NC(=O)[C@H](C)N(Cc1ccc(C)cc1)C(=O)COc1ccccc1. The number of nitrogens with one attached hydrogen (secondary N) is 1. The Kier molecular flexibility index (Phi) is 8.05. The van der Waals surface area contributed by atoms with Crippen molar-refractivity contribution in [2.75, 3.05) is 6.61 Å². The van der Waals surface area contributed by atoms with Crippen molar-refractivity contribution in [2.45, 2.75) is 52.7 Å². The third-order valence-corrected chi connectivity index (χ3v) is 4.75. The molecule has 150 valence electrons. The second-order valence-corrected chi connectivity index (χ2v) is 7.10. The second kappa shape index (κ2) is 10.5. The molecule has 0 aliphatic rings. The van der Waals surface area contributed by atoms with Crippen molar-refractivity contribution in [3.63, 3.8) is 0 Å². The van der Waals surface area contributed by atoms with Gasteiger partial charge < -0.3 is 15.0 Å². The lowest BCUT2D eigenvalue weighted by atomic mass is 10.1. The van der Waals surface area contributed by atoms with E-state index in [0.29, 0.717) is 12.3 Å². The van der Waals surface area contributed by atoms with Gasteiger partial charge in [0.15, 0.2) is 6.61 Å². The lowest BCUT2D eigenvalue weighted by Crippen LogP contribution is -2.50. The Bertz CT molecular complexity index is 759. The van der Waals surface area contributed by atoms with Crippen molar-refractivity contribution in [1.82, 2.24) is 10.2 Å². The van der Waals surface area contributed by atoms with Gasteiger partial charge >= 0.3 is 0 Å². The number of nitrogens with zero attached hydrogens (tertiary/aromatic N) is 1. The van der Waals surface area contributed by atoms with E-state index in [-0.39, 0.29) is 24.5 Å². The van der Waals surface area contributed by atoms with Gasteiger partial charge in [0.05, 0.1) is 0 Å². The number of rotatable bonds is 9. The number of benzene rings is 2. The predicted octanol–water partition coefficient (Wildman–Crippen LogP) is 3.71. The zero-order chi connectivity index (χ0) is 20.5. The van der Waals surface area contributed by atoms with Crippen molar-refractivity contribution in [3.05, 3.63) is 65.7 Å². The van der Waals surface area contributed by atoms with Gasteiger partial charge in [-0.05, 0) is 44.9 Å². The van der Waals surface area contributed by atoms with Crippen molar-refractivity contribution in [2.24, 2.45) is 0 Å². The maximum absolute atomic E-state index is 12.9. The lowest BCUT2D eigenvalue weighted by molar-refractivity contribution is -0.142.